The van der Waals surface area contributed by atoms with Gasteiger partial charge in [0.05, 0.1) is 0 Å². The molecule has 2 saturated heterocycles. The fourth-order valence-electron chi connectivity index (χ4n) is 6.03. The molecule has 7 nitrogen and oxygen atoms in total. The Bertz CT molecular complexity index is 900. The van der Waals surface area contributed by atoms with Crippen LogP contribution in [0.3, 0.4) is 0 Å². The fraction of sp³-hybridized carbons (Fsp3) is 0.609. The maximum Gasteiger partial charge on any atom is 0.255 e. The van der Waals surface area contributed by atoms with Crippen LogP contribution in [0.4, 0.5) is 0 Å². The Hall–Kier alpha value is -2.25. The molecule has 30 heavy (non-hydrogen) atoms. The molecule has 0 aromatic heterocycles. The Morgan fingerprint density at radius 2 is 2.07 bits per heavy atom. The number of piperidine rings is 1. The molecule has 3 amide bonds. The number of carbonyl (C=O) groups excluding carboxylic acids is 3. The molecule has 0 bridgehead atoms. The van der Waals surface area contributed by atoms with Gasteiger partial charge < -0.3 is 10.2 Å². The minimum atomic E-state index is -0.559. The second-order valence-corrected chi connectivity index (χ2v) is 9.56. The predicted octanol–water partition coefficient (Wildman–Crippen LogP) is 1.41. The molecule has 3 aliphatic heterocycles. The Labute approximate surface area is 177 Å². The second kappa shape index (κ2) is 7.46. The van der Waals surface area contributed by atoms with Crippen LogP contribution in [0.5, 0.6) is 0 Å². The van der Waals surface area contributed by atoms with Gasteiger partial charge in [0.25, 0.3) is 5.91 Å². The summed E-state index contributed by atoms with van der Waals surface area (Å²) in [5.41, 5.74) is 3.10. The van der Waals surface area contributed by atoms with Crippen LogP contribution in [0.1, 0.15) is 60.5 Å². The SMILES string of the molecule is C[C@@]12CCC[C@H]1N(Cc1cccc3c1C(=O)N(C1CCC(=O)NC1=O)C3)CCNC2. The summed E-state index contributed by atoms with van der Waals surface area (Å²) >= 11 is 0. The third kappa shape index (κ3) is 3.24. The lowest BCUT2D eigenvalue weighted by Crippen LogP contribution is -2.52. The molecule has 3 heterocycles. The highest BCUT2D eigenvalue weighted by Crippen LogP contribution is 2.42. The van der Waals surface area contributed by atoms with E-state index in [0.29, 0.717) is 19.0 Å². The molecule has 1 unspecified atom stereocenters. The number of hydrogen-bond donors (Lipinski definition) is 2. The van der Waals surface area contributed by atoms with Gasteiger partial charge in [0.15, 0.2) is 0 Å². The van der Waals surface area contributed by atoms with Gasteiger partial charge >= 0.3 is 0 Å². The third-order valence-corrected chi connectivity index (χ3v) is 7.59. The fourth-order valence-corrected chi connectivity index (χ4v) is 6.03. The van der Waals surface area contributed by atoms with E-state index in [1.807, 2.05) is 12.1 Å². The van der Waals surface area contributed by atoms with Gasteiger partial charge in [0.2, 0.25) is 11.8 Å². The van der Waals surface area contributed by atoms with Crippen LogP contribution in [-0.2, 0) is 22.7 Å². The van der Waals surface area contributed by atoms with Crippen LogP contribution >= 0.6 is 0 Å². The van der Waals surface area contributed by atoms with Crippen LogP contribution in [0, 0.1) is 5.41 Å². The summed E-state index contributed by atoms with van der Waals surface area (Å²) < 4.78 is 0. The summed E-state index contributed by atoms with van der Waals surface area (Å²) in [5.74, 6) is -0.679. The average molecular weight is 411 g/mol. The van der Waals surface area contributed by atoms with Crippen molar-refractivity contribution in [1.82, 2.24) is 20.4 Å². The van der Waals surface area contributed by atoms with E-state index in [-0.39, 0.29) is 29.6 Å². The zero-order chi connectivity index (χ0) is 20.9. The Kier molecular flexibility index (Phi) is 4.90. The molecular weight excluding hydrogens is 380 g/mol. The number of imide groups is 1. The molecule has 1 aromatic rings. The smallest absolute Gasteiger partial charge is 0.255 e. The molecule has 160 valence electrons. The highest BCUT2D eigenvalue weighted by atomic mass is 16.2. The highest BCUT2D eigenvalue weighted by molar-refractivity contribution is 6.05. The zero-order valence-corrected chi connectivity index (χ0v) is 17.6. The number of fused-ring (bicyclic) bond motifs is 2. The standard InChI is InChI=1S/C23H30N4O3/c1-23-9-3-6-18(23)26(11-10-24-14-23)12-15-4-2-5-16-13-27(22(30)20(15)16)17-7-8-19(28)25-21(17)29/h2,4-5,17-18,24H,3,6-14H2,1H3,(H,25,28,29)/t17?,18-,23+/m1/s1. The van der Waals surface area contributed by atoms with E-state index in [0.717, 1.165) is 42.9 Å². The molecule has 3 fully saturated rings. The van der Waals surface area contributed by atoms with Gasteiger partial charge in [-0.15, -0.1) is 0 Å². The van der Waals surface area contributed by atoms with Crippen molar-refractivity contribution in [1.29, 1.82) is 0 Å². The number of nitrogens with zero attached hydrogens (tertiary/aromatic N) is 2. The summed E-state index contributed by atoms with van der Waals surface area (Å²) in [7, 11) is 0. The minimum Gasteiger partial charge on any atom is -0.322 e. The van der Waals surface area contributed by atoms with Gasteiger partial charge in [0, 0.05) is 50.7 Å². The van der Waals surface area contributed by atoms with E-state index >= 15 is 0 Å². The number of rotatable bonds is 3. The van der Waals surface area contributed by atoms with Gasteiger partial charge in [-0.05, 0) is 35.8 Å². The van der Waals surface area contributed by atoms with Crippen molar-refractivity contribution < 1.29 is 14.4 Å². The van der Waals surface area contributed by atoms with E-state index in [4.69, 9.17) is 0 Å². The first-order valence-corrected chi connectivity index (χ1v) is 11.2. The summed E-state index contributed by atoms with van der Waals surface area (Å²) in [6.07, 6.45) is 4.40. The number of carbonyl (C=O) groups is 3. The lowest BCUT2D eigenvalue weighted by molar-refractivity contribution is -0.136. The Morgan fingerprint density at radius 1 is 1.20 bits per heavy atom. The van der Waals surface area contributed by atoms with E-state index in [2.05, 4.69) is 28.5 Å². The topological polar surface area (TPSA) is 81.8 Å². The van der Waals surface area contributed by atoms with Crippen molar-refractivity contribution in [3.8, 4) is 0 Å². The van der Waals surface area contributed by atoms with Crippen LogP contribution < -0.4 is 10.6 Å². The molecule has 1 aromatic carbocycles. The molecule has 1 saturated carbocycles. The van der Waals surface area contributed by atoms with Crippen LogP contribution in [-0.4, -0.2) is 59.2 Å². The maximum absolute atomic E-state index is 13.4. The quantitative estimate of drug-likeness (QED) is 0.737. The molecule has 3 atom stereocenters. The second-order valence-electron chi connectivity index (χ2n) is 9.56. The van der Waals surface area contributed by atoms with Gasteiger partial charge in [-0.1, -0.05) is 31.5 Å². The van der Waals surface area contributed by atoms with Crippen LogP contribution in [0.2, 0.25) is 0 Å². The molecule has 0 radical (unpaired) electrons. The van der Waals surface area contributed by atoms with Crippen LogP contribution in [0.25, 0.3) is 0 Å². The van der Waals surface area contributed by atoms with Gasteiger partial charge in [0.1, 0.15) is 6.04 Å². The normalized spacial score (nSPS) is 32.0. The van der Waals surface area contributed by atoms with Crippen molar-refractivity contribution in [2.45, 2.75) is 64.2 Å². The third-order valence-electron chi connectivity index (χ3n) is 7.59. The van der Waals surface area contributed by atoms with Gasteiger partial charge in [-0.25, -0.2) is 0 Å². The predicted molar refractivity (Wildman–Crippen MR) is 112 cm³/mol. The van der Waals surface area contributed by atoms with Crippen molar-refractivity contribution >= 4 is 17.7 Å². The first kappa shape index (κ1) is 19.7. The molecule has 2 N–H and O–H groups in total. The zero-order valence-electron chi connectivity index (χ0n) is 17.6. The largest absolute Gasteiger partial charge is 0.322 e. The van der Waals surface area contributed by atoms with E-state index in [1.54, 1.807) is 4.90 Å². The number of amides is 3. The Balaban J connectivity index is 1.40. The first-order valence-electron chi connectivity index (χ1n) is 11.2. The van der Waals surface area contributed by atoms with Crippen molar-refractivity contribution in [3.05, 3.63) is 34.9 Å². The van der Waals surface area contributed by atoms with Crippen molar-refractivity contribution in [2.75, 3.05) is 19.6 Å². The van der Waals surface area contributed by atoms with Crippen molar-refractivity contribution in [2.24, 2.45) is 5.41 Å². The lowest BCUT2D eigenvalue weighted by Gasteiger charge is -2.37. The Morgan fingerprint density at radius 3 is 2.90 bits per heavy atom. The number of benzene rings is 1. The maximum atomic E-state index is 13.4. The number of nitrogens with one attached hydrogen (secondary N) is 2. The summed E-state index contributed by atoms with van der Waals surface area (Å²) in [6, 6.07) is 6.06. The van der Waals surface area contributed by atoms with E-state index in [9.17, 15) is 14.4 Å². The molecular formula is C23H30N4O3. The van der Waals surface area contributed by atoms with Crippen LogP contribution in [0.15, 0.2) is 18.2 Å². The van der Waals surface area contributed by atoms with E-state index in [1.165, 1.54) is 19.3 Å². The molecule has 7 heteroatoms. The minimum absolute atomic E-state index is 0.0720. The van der Waals surface area contributed by atoms with Crippen molar-refractivity contribution in [3.63, 3.8) is 0 Å². The van der Waals surface area contributed by atoms with Gasteiger partial charge in [-0.2, -0.15) is 0 Å². The van der Waals surface area contributed by atoms with Gasteiger partial charge in [-0.3, -0.25) is 24.6 Å². The van der Waals surface area contributed by atoms with E-state index < -0.39 is 6.04 Å². The monoisotopic (exact) mass is 410 g/mol. The average Bonchev–Trinajstić information content (AvgIpc) is 3.21. The number of hydrogen-bond acceptors (Lipinski definition) is 5. The highest BCUT2D eigenvalue weighted by Gasteiger charge is 2.44. The molecule has 4 aliphatic rings. The summed E-state index contributed by atoms with van der Waals surface area (Å²) in [6.45, 7) is 6.61. The molecule has 5 rings (SSSR count). The first-order chi connectivity index (χ1) is 14.5. The summed E-state index contributed by atoms with van der Waals surface area (Å²) in [5, 5.41) is 5.99. The molecule has 0 spiro atoms. The summed E-state index contributed by atoms with van der Waals surface area (Å²) in [4.78, 5) is 41.4. The molecule has 1 aliphatic carbocycles. The lowest BCUT2D eigenvalue weighted by atomic mass is 9.84.